The van der Waals surface area contributed by atoms with Gasteiger partial charge in [0, 0.05) is 11.9 Å². The standard InChI is InChI=1S/C18H16ClN3O/c1-12-7-13(2)9-15(8-12)21-11-14(10-20)18(23)22-17-6-4-3-5-16(17)19/h3-9,11,21H,1-2H3,(H,22,23)/b14-11-. The number of carbonyl (C=O) groups excluding carboxylic acids is 1. The molecule has 2 aromatic carbocycles. The molecular weight excluding hydrogens is 310 g/mol. The lowest BCUT2D eigenvalue weighted by Crippen LogP contribution is -2.14. The van der Waals surface area contributed by atoms with Gasteiger partial charge in [-0.25, -0.2) is 0 Å². The third-order valence-corrected chi connectivity index (χ3v) is 3.42. The Labute approximate surface area is 140 Å². The zero-order chi connectivity index (χ0) is 16.8. The second kappa shape index (κ2) is 7.48. The zero-order valence-electron chi connectivity index (χ0n) is 12.9. The van der Waals surface area contributed by atoms with Crippen molar-refractivity contribution in [1.29, 1.82) is 5.26 Å². The molecule has 0 aliphatic heterocycles. The maximum Gasteiger partial charge on any atom is 0.267 e. The van der Waals surface area contributed by atoms with E-state index in [-0.39, 0.29) is 5.57 Å². The molecule has 0 atom stereocenters. The van der Waals surface area contributed by atoms with Gasteiger partial charge in [-0.2, -0.15) is 5.26 Å². The van der Waals surface area contributed by atoms with Gasteiger partial charge in [0.15, 0.2) is 0 Å². The number of hydrogen-bond donors (Lipinski definition) is 2. The molecule has 0 fully saturated rings. The quantitative estimate of drug-likeness (QED) is 0.646. The summed E-state index contributed by atoms with van der Waals surface area (Å²) in [6, 6.07) is 14.7. The topological polar surface area (TPSA) is 64.9 Å². The molecule has 116 valence electrons. The Morgan fingerprint density at radius 2 is 1.83 bits per heavy atom. The number of nitrogens with zero attached hydrogens (tertiary/aromatic N) is 1. The summed E-state index contributed by atoms with van der Waals surface area (Å²) >= 11 is 5.99. The molecule has 0 radical (unpaired) electrons. The van der Waals surface area contributed by atoms with Crippen LogP contribution >= 0.6 is 11.6 Å². The number of aryl methyl sites for hydroxylation is 2. The molecule has 0 heterocycles. The molecule has 0 aliphatic rings. The number of rotatable bonds is 4. The van der Waals surface area contributed by atoms with Gasteiger partial charge in [0.1, 0.15) is 11.6 Å². The van der Waals surface area contributed by atoms with Crippen LogP contribution in [0.1, 0.15) is 11.1 Å². The van der Waals surface area contributed by atoms with Crippen molar-refractivity contribution in [3.63, 3.8) is 0 Å². The number of halogens is 1. The summed E-state index contributed by atoms with van der Waals surface area (Å²) in [5.74, 6) is -0.516. The van der Waals surface area contributed by atoms with Crippen molar-refractivity contribution >= 4 is 28.9 Å². The summed E-state index contributed by atoms with van der Waals surface area (Å²) in [6.07, 6.45) is 1.39. The first kappa shape index (κ1) is 16.6. The summed E-state index contributed by atoms with van der Waals surface area (Å²) in [7, 11) is 0. The molecule has 0 aliphatic carbocycles. The number of benzene rings is 2. The first-order valence-electron chi connectivity index (χ1n) is 7.00. The number of hydrogen-bond acceptors (Lipinski definition) is 3. The highest BCUT2D eigenvalue weighted by Crippen LogP contribution is 2.21. The fourth-order valence-electron chi connectivity index (χ4n) is 2.11. The van der Waals surface area contributed by atoms with Gasteiger partial charge in [0.2, 0.25) is 0 Å². The van der Waals surface area contributed by atoms with E-state index in [2.05, 4.69) is 10.6 Å². The Kier molecular flexibility index (Phi) is 5.40. The molecule has 5 heteroatoms. The van der Waals surface area contributed by atoms with E-state index in [0.717, 1.165) is 16.8 Å². The SMILES string of the molecule is Cc1cc(C)cc(N/C=C(/C#N)C(=O)Nc2ccccc2Cl)c1. The number of anilines is 2. The van der Waals surface area contributed by atoms with E-state index >= 15 is 0 Å². The first-order valence-corrected chi connectivity index (χ1v) is 7.38. The molecular formula is C18H16ClN3O. The Bertz CT molecular complexity index is 786. The van der Waals surface area contributed by atoms with Crippen molar-refractivity contribution in [2.24, 2.45) is 0 Å². The fourth-order valence-corrected chi connectivity index (χ4v) is 2.30. The van der Waals surface area contributed by atoms with E-state index in [1.807, 2.05) is 38.1 Å². The maximum atomic E-state index is 12.2. The summed E-state index contributed by atoms with van der Waals surface area (Å²) < 4.78 is 0. The predicted molar refractivity (Wildman–Crippen MR) is 93.3 cm³/mol. The third kappa shape index (κ3) is 4.60. The number of para-hydroxylation sites is 1. The van der Waals surface area contributed by atoms with Crippen LogP contribution in [-0.4, -0.2) is 5.91 Å². The molecule has 2 N–H and O–H groups in total. The second-order valence-corrected chi connectivity index (χ2v) is 5.53. The Morgan fingerprint density at radius 1 is 1.17 bits per heavy atom. The fraction of sp³-hybridized carbons (Fsp3) is 0.111. The molecule has 2 rings (SSSR count). The summed E-state index contributed by atoms with van der Waals surface area (Å²) in [5, 5.41) is 15.2. The molecule has 2 aromatic rings. The van der Waals surface area contributed by atoms with Crippen molar-refractivity contribution in [1.82, 2.24) is 0 Å². The van der Waals surface area contributed by atoms with Gasteiger partial charge in [0.25, 0.3) is 5.91 Å². The molecule has 23 heavy (non-hydrogen) atoms. The minimum absolute atomic E-state index is 0.0379. The van der Waals surface area contributed by atoms with Gasteiger partial charge >= 0.3 is 0 Å². The normalized spacial score (nSPS) is 10.8. The van der Waals surface area contributed by atoms with Crippen molar-refractivity contribution < 1.29 is 4.79 Å². The minimum atomic E-state index is -0.516. The van der Waals surface area contributed by atoms with Crippen LogP contribution in [-0.2, 0) is 4.79 Å². The van der Waals surface area contributed by atoms with E-state index in [9.17, 15) is 10.1 Å². The summed E-state index contributed by atoms with van der Waals surface area (Å²) in [4.78, 5) is 12.2. The van der Waals surface area contributed by atoms with Crippen LogP contribution in [0.2, 0.25) is 5.02 Å². The second-order valence-electron chi connectivity index (χ2n) is 5.12. The van der Waals surface area contributed by atoms with Crippen molar-refractivity contribution in [2.75, 3.05) is 10.6 Å². The van der Waals surface area contributed by atoms with Crippen LogP contribution in [0.3, 0.4) is 0 Å². The molecule has 0 unspecified atom stereocenters. The Hall–Kier alpha value is -2.77. The van der Waals surface area contributed by atoms with E-state index in [1.54, 1.807) is 24.3 Å². The maximum absolute atomic E-state index is 12.2. The molecule has 0 saturated heterocycles. The lowest BCUT2D eigenvalue weighted by molar-refractivity contribution is -0.112. The van der Waals surface area contributed by atoms with Crippen molar-refractivity contribution in [3.05, 3.63) is 70.4 Å². The first-order chi connectivity index (χ1) is 11.0. The molecule has 4 nitrogen and oxygen atoms in total. The summed E-state index contributed by atoms with van der Waals surface area (Å²) in [5.41, 5.74) is 3.44. The molecule has 1 amide bonds. The van der Waals surface area contributed by atoms with Crippen LogP contribution in [0, 0.1) is 25.2 Å². The van der Waals surface area contributed by atoms with Gasteiger partial charge in [-0.05, 0) is 49.2 Å². The Morgan fingerprint density at radius 3 is 2.43 bits per heavy atom. The monoisotopic (exact) mass is 325 g/mol. The van der Waals surface area contributed by atoms with Crippen molar-refractivity contribution in [3.8, 4) is 6.07 Å². The van der Waals surface area contributed by atoms with Gasteiger partial charge < -0.3 is 10.6 Å². The predicted octanol–water partition coefficient (Wildman–Crippen LogP) is 4.41. The van der Waals surface area contributed by atoms with Crippen LogP contribution < -0.4 is 10.6 Å². The Balaban J connectivity index is 2.14. The lowest BCUT2D eigenvalue weighted by atomic mass is 10.1. The van der Waals surface area contributed by atoms with Crippen LogP contribution in [0.5, 0.6) is 0 Å². The van der Waals surface area contributed by atoms with Gasteiger partial charge in [-0.1, -0.05) is 29.8 Å². The van der Waals surface area contributed by atoms with E-state index < -0.39 is 5.91 Å². The largest absolute Gasteiger partial charge is 0.360 e. The molecule has 0 spiro atoms. The molecule has 0 saturated carbocycles. The summed E-state index contributed by atoms with van der Waals surface area (Å²) in [6.45, 7) is 3.97. The third-order valence-electron chi connectivity index (χ3n) is 3.09. The average Bonchev–Trinajstić information content (AvgIpc) is 2.49. The average molecular weight is 326 g/mol. The zero-order valence-corrected chi connectivity index (χ0v) is 13.6. The van der Waals surface area contributed by atoms with Gasteiger partial charge in [-0.15, -0.1) is 0 Å². The highest BCUT2D eigenvalue weighted by atomic mass is 35.5. The highest BCUT2D eigenvalue weighted by molar-refractivity contribution is 6.33. The lowest BCUT2D eigenvalue weighted by Gasteiger charge is -2.07. The van der Waals surface area contributed by atoms with E-state index in [0.29, 0.717) is 10.7 Å². The van der Waals surface area contributed by atoms with Crippen LogP contribution in [0.15, 0.2) is 54.2 Å². The highest BCUT2D eigenvalue weighted by Gasteiger charge is 2.10. The molecule has 0 bridgehead atoms. The van der Waals surface area contributed by atoms with Crippen molar-refractivity contribution in [2.45, 2.75) is 13.8 Å². The smallest absolute Gasteiger partial charge is 0.267 e. The van der Waals surface area contributed by atoms with Gasteiger partial charge in [0.05, 0.1) is 10.7 Å². The van der Waals surface area contributed by atoms with Crippen LogP contribution in [0.25, 0.3) is 0 Å². The number of nitriles is 1. The van der Waals surface area contributed by atoms with E-state index in [1.165, 1.54) is 6.20 Å². The minimum Gasteiger partial charge on any atom is -0.360 e. The van der Waals surface area contributed by atoms with Crippen LogP contribution in [0.4, 0.5) is 11.4 Å². The van der Waals surface area contributed by atoms with E-state index in [4.69, 9.17) is 11.6 Å². The number of amides is 1. The molecule has 0 aromatic heterocycles. The number of nitrogens with one attached hydrogen (secondary N) is 2. The number of carbonyl (C=O) groups is 1. The van der Waals surface area contributed by atoms with Gasteiger partial charge in [-0.3, -0.25) is 4.79 Å².